The molecule has 30 heavy (non-hydrogen) atoms. The normalized spacial score (nSPS) is 18.0. The second-order valence-electron chi connectivity index (χ2n) is 7.18. The standard InChI is InChI=1S/C22H21N3O3S2/c1-3-14-24-18-7-4-5-9-20(18)29-22(24)23-21(26)19-8-6-15-25(19)30(27,28)17-12-10-16(2)11-13-17/h1,4-5,7,9-13,19H,6,8,14-15H2,2H3. The summed E-state index contributed by atoms with van der Waals surface area (Å²) in [5.41, 5.74) is 1.88. The number of para-hydroxylation sites is 1. The average Bonchev–Trinajstić information content (AvgIpc) is 3.35. The third kappa shape index (κ3) is 3.72. The van der Waals surface area contributed by atoms with Crippen molar-refractivity contribution in [2.24, 2.45) is 4.99 Å². The summed E-state index contributed by atoms with van der Waals surface area (Å²) in [6.07, 6.45) is 6.58. The van der Waals surface area contributed by atoms with Crippen LogP contribution >= 0.6 is 11.3 Å². The van der Waals surface area contributed by atoms with E-state index in [2.05, 4.69) is 10.9 Å². The molecule has 0 saturated carbocycles. The maximum Gasteiger partial charge on any atom is 0.266 e. The molecule has 1 saturated heterocycles. The zero-order valence-electron chi connectivity index (χ0n) is 16.5. The van der Waals surface area contributed by atoms with Gasteiger partial charge in [-0.05, 0) is 44.0 Å². The summed E-state index contributed by atoms with van der Waals surface area (Å²) < 4.78 is 30.3. The van der Waals surface area contributed by atoms with Crippen molar-refractivity contribution in [2.75, 3.05) is 6.54 Å². The van der Waals surface area contributed by atoms with E-state index < -0.39 is 22.0 Å². The first-order chi connectivity index (χ1) is 14.4. The molecule has 1 aliphatic heterocycles. The molecule has 0 radical (unpaired) electrons. The maximum absolute atomic E-state index is 13.1. The second-order valence-corrected chi connectivity index (χ2v) is 10.1. The minimum Gasteiger partial charge on any atom is -0.305 e. The molecular formula is C22H21N3O3S2. The van der Waals surface area contributed by atoms with E-state index in [-0.39, 0.29) is 11.4 Å². The highest BCUT2D eigenvalue weighted by molar-refractivity contribution is 7.89. The molecule has 1 aromatic heterocycles. The number of sulfonamides is 1. The van der Waals surface area contributed by atoms with Crippen LogP contribution in [0, 0.1) is 19.3 Å². The van der Waals surface area contributed by atoms with Gasteiger partial charge in [-0.3, -0.25) is 4.79 Å². The Labute approximate surface area is 179 Å². The molecular weight excluding hydrogens is 418 g/mol. The van der Waals surface area contributed by atoms with E-state index in [0.29, 0.717) is 24.2 Å². The van der Waals surface area contributed by atoms with Crippen LogP contribution in [0.2, 0.25) is 0 Å². The van der Waals surface area contributed by atoms with Crippen LogP contribution < -0.4 is 4.80 Å². The number of carbonyl (C=O) groups is 1. The molecule has 6 nitrogen and oxygen atoms in total. The molecule has 2 heterocycles. The predicted octanol–water partition coefficient (Wildman–Crippen LogP) is 2.93. The number of rotatable bonds is 4. The summed E-state index contributed by atoms with van der Waals surface area (Å²) in [4.78, 5) is 18.0. The van der Waals surface area contributed by atoms with Gasteiger partial charge in [-0.15, -0.1) is 6.42 Å². The van der Waals surface area contributed by atoms with Gasteiger partial charge >= 0.3 is 0 Å². The van der Waals surface area contributed by atoms with Gasteiger partial charge in [0.05, 0.1) is 21.7 Å². The third-order valence-corrected chi connectivity index (χ3v) is 8.14. The smallest absolute Gasteiger partial charge is 0.266 e. The lowest BCUT2D eigenvalue weighted by Gasteiger charge is -2.21. The van der Waals surface area contributed by atoms with Crippen LogP contribution in [0.15, 0.2) is 58.4 Å². The van der Waals surface area contributed by atoms with Gasteiger partial charge in [-0.1, -0.05) is 47.1 Å². The van der Waals surface area contributed by atoms with Gasteiger partial charge in [0.2, 0.25) is 10.0 Å². The average molecular weight is 440 g/mol. The maximum atomic E-state index is 13.1. The number of hydrogen-bond acceptors (Lipinski definition) is 4. The summed E-state index contributed by atoms with van der Waals surface area (Å²) in [5, 5.41) is 0. The number of amides is 1. The van der Waals surface area contributed by atoms with Gasteiger partial charge in [0, 0.05) is 6.54 Å². The number of fused-ring (bicyclic) bond motifs is 1. The Balaban J connectivity index is 1.71. The van der Waals surface area contributed by atoms with Gasteiger partial charge in [0.15, 0.2) is 4.80 Å². The van der Waals surface area contributed by atoms with Crippen LogP contribution in [0.5, 0.6) is 0 Å². The number of thiazole rings is 1. The summed E-state index contributed by atoms with van der Waals surface area (Å²) in [7, 11) is -3.77. The van der Waals surface area contributed by atoms with Crippen LogP contribution in [0.4, 0.5) is 0 Å². The minimum absolute atomic E-state index is 0.192. The summed E-state index contributed by atoms with van der Waals surface area (Å²) >= 11 is 1.37. The van der Waals surface area contributed by atoms with Crippen LogP contribution in [0.3, 0.4) is 0 Å². The highest BCUT2D eigenvalue weighted by atomic mass is 32.2. The molecule has 3 aromatic rings. The van der Waals surface area contributed by atoms with Crippen molar-refractivity contribution in [3.8, 4) is 12.3 Å². The lowest BCUT2D eigenvalue weighted by molar-refractivity contribution is -0.121. The number of terminal acetylenes is 1. The Kier molecular flexibility index (Phi) is 5.60. The van der Waals surface area contributed by atoms with Crippen LogP contribution in [0.1, 0.15) is 18.4 Å². The lowest BCUT2D eigenvalue weighted by Crippen LogP contribution is -2.40. The summed E-state index contributed by atoms with van der Waals surface area (Å²) in [6, 6.07) is 13.5. The molecule has 1 fully saturated rings. The Morgan fingerprint density at radius 2 is 1.97 bits per heavy atom. The first kappa shape index (κ1) is 20.5. The van der Waals surface area contributed by atoms with Gasteiger partial charge < -0.3 is 4.57 Å². The van der Waals surface area contributed by atoms with E-state index in [1.807, 2.05) is 35.8 Å². The second kappa shape index (κ2) is 8.19. The first-order valence-corrected chi connectivity index (χ1v) is 11.9. The molecule has 154 valence electrons. The fraction of sp³-hybridized carbons (Fsp3) is 0.273. The highest BCUT2D eigenvalue weighted by Gasteiger charge is 2.39. The van der Waals surface area contributed by atoms with E-state index in [1.54, 1.807) is 24.3 Å². The zero-order valence-corrected chi connectivity index (χ0v) is 18.1. The van der Waals surface area contributed by atoms with Crippen molar-refractivity contribution < 1.29 is 13.2 Å². The quantitative estimate of drug-likeness (QED) is 0.587. The van der Waals surface area contributed by atoms with E-state index in [4.69, 9.17) is 6.42 Å². The van der Waals surface area contributed by atoms with Crippen molar-refractivity contribution in [2.45, 2.75) is 37.2 Å². The van der Waals surface area contributed by atoms with Crippen molar-refractivity contribution in [1.29, 1.82) is 0 Å². The molecule has 1 atom stereocenters. The predicted molar refractivity (Wildman–Crippen MR) is 117 cm³/mol. The number of aromatic nitrogens is 1. The van der Waals surface area contributed by atoms with Crippen molar-refractivity contribution in [3.63, 3.8) is 0 Å². The molecule has 1 amide bonds. The van der Waals surface area contributed by atoms with Crippen LogP contribution in [-0.2, 0) is 21.4 Å². The van der Waals surface area contributed by atoms with E-state index >= 15 is 0 Å². The number of aryl methyl sites for hydroxylation is 1. The number of hydrogen-bond donors (Lipinski definition) is 0. The highest BCUT2D eigenvalue weighted by Crippen LogP contribution is 2.27. The van der Waals surface area contributed by atoms with E-state index in [9.17, 15) is 13.2 Å². The minimum atomic E-state index is -3.77. The molecule has 0 bridgehead atoms. The Bertz CT molecular complexity index is 1310. The third-order valence-electron chi connectivity index (χ3n) is 5.16. The Morgan fingerprint density at radius 1 is 1.23 bits per heavy atom. The number of benzene rings is 2. The van der Waals surface area contributed by atoms with Gasteiger partial charge in [0.1, 0.15) is 6.04 Å². The topological polar surface area (TPSA) is 71.7 Å². The largest absolute Gasteiger partial charge is 0.305 e. The molecule has 4 rings (SSSR count). The number of nitrogens with zero attached hydrogens (tertiary/aromatic N) is 3. The summed E-state index contributed by atoms with van der Waals surface area (Å²) in [6.45, 7) is 2.49. The zero-order chi connectivity index (χ0) is 21.3. The van der Waals surface area contributed by atoms with Gasteiger partial charge in [0.25, 0.3) is 5.91 Å². The van der Waals surface area contributed by atoms with Crippen molar-refractivity contribution >= 4 is 37.5 Å². The molecule has 2 aromatic carbocycles. The van der Waals surface area contributed by atoms with Crippen molar-refractivity contribution in [3.05, 3.63) is 58.9 Å². The fourth-order valence-electron chi connectivity index (χ4n) is 3.64. The first-order valence-electron chi connectivity index (χ1n) is 9.61. The molecule has 1 unspecified atom stereocenters. The van der Waals surface area contributed by atoms with Gasteiger partial charge in [-0.2, -0.15) is 9.30 Å². The molecule has 0 N–H and O–H groups in total. The summed E-state index contributed by atoms with van der Waals surface area (Å²) in [5.74, 6) is 2.14. The Morgan fingerprint density at radius 3 is 2.70 bits per heavy atom. The molecule has 8 heteroatoms. The van der Waals surface area contributed by atoms with E-state index in [0.717, 1.165) is 15.8 Å². The number of carbonyl (C=O) groups excluding carboxylic acids is 1. The monoisotopic (exact) mass is 439 g/mol. The SMILES string of the molecule is C#CCn1c(=NC(=O)C2CCCN2S(=O)(=O)c2ccc(C)cc2)sc2ccccc21. The van der Waals surface area contributed by atoms with Crippen molar-refractivity contribution in [1.82, 2.24) is 8.87 Å². The van der Waals surface area contributed by atoms with Crippen LogP contribution in [-0.4, -0.2) is 35.8 Å². The van der Waals surface area contributed by atoms with Crippen LogP contribution in [0.25, 0.3) is 10.2 Å². The lowest BCUT2D eigenvalue weighted by atomic mass is 10.2. The molecule has 1 aliphatic rings. The fourth-order valence-corrected chi connectivity index (χ4v) is 6.32. The van der Waals surface area contributed by atoms with E-state index in [1.165, 1.54) is 15.6 Å². The van der Waals surface area contributed by atoms with Gasteiger partial charge in [-0.25, -0.2) is 8.42 Å². The molecule has 0 spiro atoms. The Hall–Kier alpha value is -2.73. The molecule has 0 aliphatic carbocycles.